The minimum absolute atomic E-state index is 0.386. The Kier molecular flexibility index (Phi) is 39.1. The zero-order valence-electron chi connectivity index (χ0n) is 39.0. The predicted octanol–water partition coefficient (Wildman–Crippen LogP) is 15.3. The summed E-state index contributed by atoms with van der Waals surface area (Å²) in [5, 5.41) is 3.34. The van der Waals surface area contributed by atoms with Gasteiger partial charge in [0.15, 0.2) is 0 Å². The lowest BCUT2D eigenvalue weighted by atomic mass is 9.82. The van der Waals surface area contributed by atoms with E-state index in [1.54, 1.807) is 0 Å². The topological polar surface area (TPSA) is 21.3 Å². The van der Waals surface area contributed by atoms with Gasteiger partial charge < -0.3 is 10.1 Å². The monoisotopic (exact) mass is 686 g/mol. The standard InChI is InChI=1S/C9H18.2C8H18.C7H17N.C7H16O.C7H16/c1-7(2)9(5-6-9)8(3)4;2*1-6(2)8(5)7(3)4;2*1-6(2)5-8-7(3)4;1-6(2)5-7(3)4/h7-8H,5-6H2,1-4H3;2*6-8H,1-5H3;6-8H,5H2,1-4H3;6-7H,5H2,1-4H3;6-7H,5H2,1-4H3. The number of rotatable bonds is 14. The van der Waals surface area contributed by atoms with Crippen LogP contribution in [0.5, 0.6) is 0 Å². The quantitative estimate of drug-likeness (QED) is 0.196. The van der Waals surface area contributed by atoms with Crippen LogP contribution < -0.4 is 5.32 Å². The van der Waals surface area contributed by atoms with Crippen molar-refractivity contribution in [2.45, 2.75) is 211 Å². The van der Waals surface area contributed by atoms with Crippen LogP contribution in [-0.4, -0.2) is 25.3 Å². The third-order valence-electron chi connectivity index (χ3n) is 9.97. The largest absolute Gasteiger partial charge is 0.379 e. The molecule has 298 valence electrons. The highest BCUT2D eigenvalue weighted by Crippen LogP contribution is 2.57. The summed E-state index contributed by atoms with van der Waals surface area (Å²) in [6.45, 7) is 60.6. The fourth-order valence-electron chi connectivity index (χ4n) is 5.30. The lowest BCUT2D eigenvalue weighted by Crippen LogP contribution is -2.26. The third-order valence-corrected chi connectivity index (χ3v) is 9.97. The molecule has 0 bridgehead atoms. The molecule has 0 aromatic heterocycles. The van der Waals surface area contributed by atoms with E-state index < -0.39 is 0 Å². The zero-order chi connectivity index (χ0) is 39.5. The second-order valence-corrected chi connectivity index (χ2v) is 19.5. The molecule has 0 amide bonds. The molecule has 0 atom stereocenters. The Morgan fingerprint density at radius 3 is 0.792 bits per heavy atom. The molecule has 2 heteroatoms. The number of hydrogen-bond donors (Lipinski definition) is 1. The van der Waals surface area contributed by atoms with Gasteiger partial charge >= 0.3 is 0 Å². The molecule has 0 aliphatic heterocycles. The first-order valence-electron chi connectivity index (χ1n) is 20.9. The Morgan fingerprint density at radius 1 is 0.438 bits per heavy atom. The molecule has 0 saturated heterocycles. The molecule has 0 heterocycles. The van der Waals surface area contributed by atoms with Crippen LogP contribution in [0, 0.1) is 76.4 Å². The molecule has 1 N–H and O–H groups in total. The Morgan fingerprint density at radius 2 is 0.750 bits per heavy atom. The van der Waals surface area contributed by atoms with E-state index in [0.29, 0.717) is 18.1 Å². The van der Waals surface area contributed by atoms with Crippen LogP contribution in [0.15, 0.2) is 0 Å². The summed E-state index contributed by atoms with van der Waals surface area (Å²) in [5.41, 5.74) is 0.750. The fourth-order valence-corrected chi connectivity index (χ4v) is 5.30. The number of ether oxygens (including phenoxy) is 1. The van der Waals surface area contributed by atoms with Crippen LogP contribution in [0.25, 0.3) is 0 Å². The van der Waals surface area contributed by atoms with Gasteiger partial charge in [0, 0.05) is 12.6 Å². The molecule has 1 saturated carbocycles. The number of hydrogen-bond acceptors (Lipinski definition) is 2. The van der Waals surface area contributed by atoms with Gasteiger partial charge in [0.25, 0.3) is 0 Å². The van der Waals surface area contributed by atoms with Crippen LogP contribution in [0.4, 0.5) is 0 Å². The maximum absolute atomic E-state index is 5.30. The molecule has 2 nitrogen and oxygen atoms in total. The van der Waals surface area contributed by atoms with Gasteiger partial charge in [-0.25, -0.2) is 0 Å². The SMILES string of the molecule is CC(C)C(C)C(C)C.CC(C)C(C)C(C)C.CC(C)C1(C(C)C)CC1.CC(C)CC(C)C.CC(C)CNC(C)C.CC(C)COC(C)C. The Bertz CT molecular complexity index is 538. The van der Waals surface area contributed by atoms with E-state index in [-0.39, 0.29) is 0 Å². The summed E-state index contributed by atoms with van der Waals surface area (Å²) in [6, 6.07) is 0.636. The van der Waals surface area contributed by atoms with Crippen molar-refractivity contribution in [3.05, 3.63) is 0 Å². The average Bonchev–Trinajstić information content (AvgIpc) is 3.73. The Balaban J connectivity index is -0.000000154. The van der Waals surface area contributed by atoms with Gasteiger partial charge in [-0.05, 0) is 116 Å². The highest BCUT2D eigenvalue weighted by molar-refractivity contribution is 4.97. The van der Waals surface area contributed by atoms with Crippen LogP contribution in [0.2, 0.25) is 0 Å². The van der Waals surface area contributed by atoms with Crippen molar-refractivity contribution in [3.8, 4) is 0 Å². The van der Waals surface area contributed by atoms with Gasteiger partial charge in [-0.15, -0.1) is 0 Å². The lowest BCUT2D eigenvalue weighted by molar-refractivity contribution is 0.0593. The second-order valence-electron chi connectivity index (χ2n) is 19.5. The summed E-state index contributed by atoms with van der Waals surface area (Å²) in [6.07, 6.45) is 4.70. The normalized spacial score (nSPS) is 13.8. The van der Waals surface area contributed by atoms with Gasteiger partial charge in [0.1, 0.15) is 0 Å². The molecule has 0 spiro atoms. The van der Waals surface area contributed by atoms with E-state index >= 15 is 0 Å². The average molecular weight is 686 g/mol. The predicted molar refractivity (Wildman–Crippen MR) is 227 cm³/mol. The minimum Gasteiger partial charge on any atom is -0.379 e. The van der Waals surface area contributed by atoms with Crippen molar-refractivity contribution >= 4 is 0 Å². The molecule has 0 aromatic carbocycles. The van der Waals surface area contributed by atoms with E-state index in [2.05, 4.69) is 185 Å². The van der Waals surface area contributed by atoms with Crippen LogP contribution in [0.1, 0.15) is 199 Å². The molecular weight excluding hydrogens is 583 g/mol. The fraction of sp³-hybridized carbons (Fsp3) is 1.00. The highest BCUT2D eigenvalue weighted by Gasteiger charge is 2.47. The molecule has 0 radical (unpaired) electrons. The molecule has 0 unspecified atom stereocenters. The summed E-state index contributed by atoms with van der Waals surface area (Å²) in [5.74, 6) is 10.1. The number of nitrogens with one attached hydrogen (secondary N) is 1. The lowest BCUT2D eigenvalue weighted by Gasteiger charge is -2.23. The first kappa shape index (κ1) is 57.3. The van der Waals surface area contributed by atoms with Crippen LogP contribution in [-0.2, 0) is 4.74 Å². The van der Waals surface area contributed by atoms with Crippen molar-refractivity contribution in [2.75, 3.05) is 13.2 Å². The van der Waals surface area contributed by atoms with Crippen molar-refractivity contribution in [3.63, 3.8) is 0 Å². The highest BCUT2D eigenvalue weighted by atomic mass is 16.5. The van der Waals surface area contributed by atoms with Crippen molar-refractivity contribution < 1.29 is 4.74 Å². The second kappa shape index (κ2) is 32.8. The molecule has 0 aromatic rings. The maximum atomic E-state index is 5.30. The van der Waals surface area contributed by atoms with E-state index in [1.807, 2.05) is 0 Å². The van der Waals surface area contributed by atoms with Gasteiger partial charge in [-0.3, -0.25) is 0 Å². The first-order chi connectivity index (χ1) is 21.6. The summed E-state index contributed by atoms with van der Waals surface area (Å²) in [7, 11) is 0. The smallest absolute Gasteiger partial charge is 0.0518 e. The van der Waals surface area contributed by atoms with Gasteiger partial charge in [0.05, 0.1) is 6.10 Å². The molecule has 48 heavy (non-hydrogen) atoms. The maximum Gasteiger partial charge on any atom is 0.0518 e. The van der Waals surface area contributed by atoms with Crippen molar-refractivity contribution in [2.24, 2.45) is 76.4 Å². The zero-order valence-corrected chi connectivity index (χ0v) is 39.0. The molecular formula is C46H103NO. The molecule has 1 aliphatic rings. The minimum atomic E-state index is 0.386. The summed E-state index contributed by atoms with van der Waals surface area (Å²) in [4.78, 5) is 0. The first-order valence-corrected chi connectivity index (χ1v) is 20.9. The molecule has 1 aliphatic carbocycles. The molecule has 1 rings (SSSR count). The van der Waals surface area contributed by atoms with E-state index in [4.69, 9.17) is 4.74 Å². The van der Waals surface area contributed by atoms with Crippen molar-refractivity contribution in [1.82, 2.24) is 5.32 Å². The van der Waals surface area contributed by atoms with Gasteiger partial charge in [-0.1, -0.05) is 166 Å². The van der Waals surface area contributed by atoms with E-state index in [9.17, 15) is 0 Å². The third kappa shape index (κ3) is 42.1. The van der Waals surface area contributed by atoms with E-state index in [0.717, 1.165) is 83.7 Å². The van der Waals surface area contributed by atoms with Crippen molar-refractivity contribution in [1.29, 1.82) is 0 Å². The Labute approximate surface area is 310 Å². The Hall–Kier alpha value is -0.0800. The summed E-state index contributed by atoms with van der Waals surface area (Å²) >= 11 is 0. The van der Waals surface area contributed by atoms with Gasteiger partial charge in [0.2, 0.25) is 0 Å². The van der Waals surface area contributed by atoms with Crippen LogP contribution >= 0.6 is 0 Å². The van der Waals surface area contributed by atoms with Gasteiger partial charge in [-0.2, -0.15) is 0 Å². The summed E-state index contributed by atoms with van der Waals surface area (Å²) < 4.78 is 5.30. The van der Waals surface area contributed by atoms with E-state index in [1.165, 1.54) is 19.3 Å². The molecule has 1 fully saturated rings. The van der Waals surface area contributed by atoms with Crippen LogP contribution in [0.3, 0.4) is 0 Å².